The summed E-state index contributed by atoms with van der Waals surface area (Å²) in [6.45, 7) is 9.47. The lowest BCUT2D eigenvalue weighted by molar-refractivity contribution is -0.140. The van der Waals surface area contributed by atoms with Crippen LogP contribution in [0.2, 0.25) is 5.02 Å². The normalized spacial score (nSPS) is 12.4. The Kier molecular flexibility index (Phi) is 12.4. The minimum atomic E-state index is -1.04. The number of alkyl carbamates (subject to hydrolysis) is 1. The SMILES string of the molecule is C#Cc1ccc(C(C(=O)Nc2c(C)cccc2Cl)N(CCCCC)C(=O)C(Cc2ccccc2)NC(=O)OC(C)(C)C)cc1. The van der Waals surface area contributed by atoms with Crippen LogP contribution in [0.15, 0.2) is 72.8 Å². The zero-order chi connectivity index (χ0) is 32.3. The average Bonchev–Trinajstić information content (AvgIpc) is 2.98. The second-order valence-corrected chi connectivity index (χ2v) is 12.1. The van der Waals surface area contributed by atoms with E-state index in [1.165, 1.54) is 0 Å². The monoisotopic (exact) mass is 615 g/mol. The Morgan fingerprint density at radius 3 is 2.25 bits per heavy atom. The molecule has 3 aromatic carbocycles. The molecule has 0 bridgehead atoms. The van der Waals surface area contributed by atoms with Crippen molar-refractivity contribution in [3.05, 3.63) is 100 Å². The summed E-state index contributed by atoms with van der Waals surface area (Å²) in [5, 5.41) is 6.15. The van der Waals surface area contributed by atoms with E-state index >= 15 is 0 Å². The van der Waals surface area contributed by atoms with Gasteiger partial charge in [0.25, 0.3) is 5.91 Å². The van der Waals surface area contributed by atoms with Crippen LogP contribution in [0, 0.1) is 19.3 Å². The summed E-state index contributed by atoms with van der Waals surface area (Å²) in [5.41, 5.74) is 2.56. The molecule has 0 aromatic heterocycles. The van der Waals surface area contributed by atoms with Gasteiger partial charge in [0.2, 0.25) is 5.91 Å². The first kappa shape index (κ1) is 34.2. The van der Waals surface area contributed by atoms with Crippen LogP contribution >= 0.6 is 11.6 Å². The molecular formula is C36H42ClN3O4. The molecular weight excluding hydrogens is 574 g/mol. The van der Waals surface area contributed by atoms with Crippen LogP contribution < -0.4 is 10.6 Å². The van der Waals surface area contributed by atoms with E-state index in [1.54, 1.807) is 62.1 Å². The minimum Gasteiger partial charge on any atom is -0.444 e. The van der Waals surface area contributed by atoms with Gasteiger partial charge < -0.3 is 20.3 Å². The number of hydrogen-bond acceptors (Lipinski definition) is 4. The van der Waals surface area contributed by atoms with Crippen LogP contribution in [-0.4, -0.2) is 41.0 Å². The summed E-state index contributed by atoms with van der Waals surface area (Å²) in [6, 6.07) is 19.7. The Morgan fingerprint density at radius 1 is 0.977 bits per heavy atom. The van der Waals surface area contributed by atoms with E-state index < -0.39 is 35.6 Å². The number of carbonyl (C=O) groups excluding carboxylic acids is 3. The predicted molar refractivity (Wildman–Crippen MR) is 176 cm³/mol. The highest BCUT2D eigenvalue weighted by atomic mass is 35.5. The first-order chi connectivity index (χ1) is 20.9. The fourth-order valence-electron chi connectivity index (χ4n) is 4.81. The molecule has 3 amide bonds. The van der Waals surface area contributed by atoms with Gasteiger partial charge in [-0.2, -0.15) is 0 Å². The molecule has 0 fully saturated rings. The van der Waals surface area contributed by atoms with Crippen molar-refractivity contribution in [3.8, 4) is 12.3 Å². The van der Waals surface area contributed by atoms with Crippen LogP contribution in [0.5, 0.6) is 0 Å². The third-order valence-corrected chi connectivity index (χ3v) is 7.30. The van der Waals surface area contributed by atoms with Crippen molar-refractivity contribution in [1.82, 2.24) is 10.2 Å². The number of halogens is 1. The Morgan fingerprint density at radius 2 is 1.66 bits per heavy atom. The van der Waals surface area contributed by atoms with Crippen LogP contribution in [0.1, 0.15) is 75.3 Å². The maximum Gasteiger partial charge on any atom is 0.408 e. The lowest BCUT2D eigenvalue weighted by Gasteiger charge is -2.35. The highest BCUT2D eigenvalue weighted by molar-refractivity contribution is 6.34. The van der Waals surface area contributed by atoms with Crippen molar-refractivity contribution in [2.24, 2.45) is 0 Å². The Hall–Kier alpha value is -4.28. The molecule has 3 aromatic rings. The number of anilines is 1. The molecule has 0 aliphatic heterocycles. The summed E-state index contributed by atoms with van der Waals surface area (Å²) < 4.78 is 5.52. The molecule has 0 radical (unpaired) electrons. The quantitative estimate of drug-likeness (QED) is 0.163. The van der Waals surface area contributed by atoms with Gasteiger partial charge in [-0.25, -0.2) is 4.79 Å². The Labute approximate surface area is 266 Å². The number of carbonyl (C=O) groups is 3. The molecule has 3 rings (SSSR count). The number of nitrogens with one attached hydrogen (secondary N) is 2. The molecule has 2 N–H and O–H groups in total. The molecule has 44 heavy (non-hydrogen) atoms. The van der Waals surface area contributed by atoms with Crippen molar-refractivity contribution in [3.63, 3.8) is 0 Å². The molecule has 0 saturated heterocycles. The van der Waals surface area contributed by atoms with E-state index in [-0.39, 0.29) is 13.0 Å². The Balaban J connectivity index is 2.10. The third kappa shape index (κ3) is 9.89. The fraction of sp³-hybridized carbons (Fsp3) is 0.361. The van der Waals surface area contributed by atoms with Crippen LogP contribution in [-0.2, 0) is 20.7 Å². The van der Waals surface area contributed by atoms with E-state index in [4.69, 9.17) is 22.8 Å². The van der Waals surface area contributed by atoms with Gasteiger partial charge in [0.15, 0.2) is 0 Å². The van der Waals surface area contributed by atoms with Crippen molar-refractivity contribution in [1.29, 1.82) is 0 Å². The topological polar surface area (TPSA) is 87.7 Å². The summed E-state index contributed by atoms with van der Waals surface area (Å²) in [6.07, 6.45) is 7.51. The number of ether oxygens (including phenoxy) is 1. The number of amides is 3. The van der Waals surface area contributed by atoms with Gasteiger partial charge in [-0.1, -0.05) is 91.9 Å². The first-order valence-electron chi connectivity index (χ1n) is 14.9. The largest absolute Gasteiger partial charge is 0.444 e. The van der Waals surface area contributed by atoms with E-state index in [9.17, 15) is 14.4 Å². The molecule has 0 aliphatic rings. The van der Waals surface area contributed by atoms with Gasteiger partial charge in [-0.3, -0.25) is 9.59 Å². The van der Waals surface area contributed by atoms with E-state index in [0.29, 0.717) is 28.3 Å². The summed E-state index contributed by atoms with van der Waals surface area (Å²) in [7, 11) is 0. The Bertz CT molecular complexity index is 1440. The molecule has 2 unspecified atom stereocenters. The molecule has 0 saturated carbocycles. The van der Waals surface area contributed by atoms with Crippen molar-refractivity contribution < 1.29 is 19.1 Å². The number of nitrogens with zero attached hydrogens (tertiary/aromatic N) is 1. The number of hydrogen-bond donors (Lipinski definition) is 2. The standard InChI is InChI=1S/C36H42ClN3O4/c1-7-9-13-23-40(34(42)30(24-27-16-11-10-12-17-27)38-35(43)44-36(4,5)6)32(28-21-19-26(8-2)20-22-28)33(41)39-31-25(3)15-14-18-29(31)37/h2,10-12,14-22,30,32H,7,9,13,23-24H2,1,3-6H3,(H,38,43)(H,39,41). The number of para-hydroxylation sites is 1. The van der Waals surface area contributed by atoms with Crippen LogP contribution in [0.25, 0.3) is 0 Å². The molecule has 7 nitrogen and oxygen atoms in total. The molecule has 0 spiro atoms. The first-order valence-corrected chi connectivity index (χ1v) is 15.3. The maximum atomic E-state index is 14.6. The summed E-state index contributed by atoms with van der Waals surface area (Å²) in [4.78, 5) is 43.4. The van der Waals surface area contributed by atoms with Gasteiger partial charge in [0.1, 0.15) is 17.7 Å². The van der Waals surface area contributed by atoms with E-state index in [2.05, 4.69) is 23.5 Å². The highest BCUT2D eigenvalue weighted by Gasteiger charge is 2.36. The van der Waals surface area contributed by atoms with Gasteiger partial charge in [-0.15, -0.1) is 6.42 Å². The highest BCUT2D eigenvalue weighted by Crippen LogP contribution is 2.30. The van der Waals surface area contributed by atoms with Crippen molar-refractivity contribution in [2.75, 3.05) is 11.9 Å². The molecule has 0 heterocycles. The number of unbranched alkanes of at least 4 members (excludes halogenated alkanes) is 2. The second kappa shape index (κ2) is 16.0. The minimum absolute atomic E-state index is 0.206. The zero-order valence-corrected chi connectivity index (χ0v) is 26.9. The molecule has 0 aliphatic carbocycles. The lowest BCUT2D eigenvalue weighted by atomic mass is 9.98. The van der Waals surface area contributed by atoms with Gasteiger partial charge in [-0.05, 0) is 69.0 Å². The van der Waals surface area contributed by atoms with Crippen LogP contribution in [0.3, 0.4) is 0 Å². The van der Waals surface area contributed by atoms with Crippen LogP contribution in [0.4, 0.5) is 10.5 Å². The summed E-state index contributed by atoms with van der Waals surface area (Å²) >= 11 is 6.48. The molecule has 232 valence electrons. The van der Waals surface area contributed by atoms with Gasteiger partial charge >= 0.3 is 6.09 Å². The molecule has 8 heteroatoms. The summed E-state index contributed by atoms with van der Waals surface area (Å²) in [5.74, 6) is 1.75. The van der Waals surface area contributed by atoms with Gasteiger partial charge in [0.05, 0.1) is 10.7 Å². The van der Waals surface area contributed by atoms with E-state index in [1.807, 2.05) is 43.3 Å². The molecule has 2 atom stereocenters. The number of benzene rings is 3. The smallest absolute Gasteiger partial charge is 0.408 e. The lowest BCUT2D eigenvalue weighted by Crippen LogP contribution is -2.53. The average molecular weight is 616 g/mol. The predicted octanol–water partition coefficient (Wildman–Crippen LogP) is 7.46. The van der Waals surface area contributed by atoms with Crippen molar-refractivity contribution >= 4 is 35.2 Å². The van der Waals surface area contributed by atoms with Gasteiger partial charge in [0, 0.05) is 18.5 Å². The second-order valence-electron chi connectivity index (χ2n) is 11.7. The van der Waals surface area contributed by atoms with Crippen molar-refractivity contribution in [2.45, 2.75) is 78.0 Å². The number of aryl methyl sites for hydroxylation is 1. The number of terminal acetylenes is 1. The zero-order valence-electron chi connectivity index (χ0n) is 26.2. The maximum absolute atomic E-state index is 14.6. The number of rotatable bonds is 12. The fourth-order valence-corrected chi connectivity index (χ4v) is 5.08. The third-order valence-electron chi connectivity index (χ3n) is 6.98. The van der Waals surface area contributed by atoms with E-state index in [0.717, 1.165) is 24.0 Å².